The first-order valence-electron chi connectivity index (χ1n) is 5.17. The van der Waals surface area contributed by atoms with Crippen LogP contribution in [-0.4, -0.2) is 18.2 Å². The van der Waals surface area contributed by atoms with E-state index in [0.29, 0.717) is 5.56 Å². The van der Waals surface area contributed by atoms with E-state index in [9.17, 15) is 18.7 Å². The number of alkyl halides is 2. The second-order valence-corrected chi connectivity index (χ2v) is 3.60. The maximum Gasteiger partial charge on any atom is 0.305 e. The summed E-state index contributed by atoms with van der Waals surface area (Å²) in [5, 5.41) is 9.72. The third-order valence-corrected chi connectivity index (χ3v) is 2.40. The van der Waals surface area contributed by atoms with Gasteiger partial charge in [-0.25, -0.2) is 8.78 Å². The Morgan fingerprint density at radius 2 is 2.06 bits per heavy atom. The molecule has 0 bridgehead atoms. The van der Waals surface area contributed by atoms with E-state index in [1.807, 2.05) is 0 Å². The highest BCUT2D eigenvalue weighted by atomic mass is 19.3. The average molecular weight is 244 g/mol. The maximum absolute atomic E-state index is 12.4. The monoisotopic (exact) mass is 244 g/mol. The lowest BCUT2D eigenvalue weighted by atomic mass is 10.0. The molecule has 0 spiro atoms. The molecule has 1 aromatic carbocycles. The fourth-order valence-electron chi connectivity index (χ4n) is 1.43. The average Bonchev–Trinajstić information content (AvgIpc) is 2.35. The summed E-state index contributed by atoms with van der Waals surface area (Å²) < 4.78 is 29.3. The molecule has 17 heavy (non-hydrogen) atoms. The Kier molecular flexibility index (Phi) is 5.03. The molecule has 1 rings (SSSR count). The Labute approximate surface area is 98.0 Å². The molecule has 0 radical (unpaired) electrons. The Bertz CT molecular complexity index is 380. The number of benzene rings is 1. The fourth-order valence-corrected chi connectivity index (χ4v) is 1.43. The van der Waals surface area contributed by atoms with Gasteiger partial charge in [0, 0.05) is 12.0 Å². The third kappa shape index (κ3) is 4.11. The molecule has 0 saturated heterocycles. The van der Waals surface area contributed by atoms with Gasteiger partial charge < -0.3 is 9.84 Å². The number of methoxy groups -OCH3 is 1. The quantitative estimate of drug-likeness (QED) is 0.810. The van der Waals surface area contributed by atoms with Crippen LogP contribution in [0.2, 0.25) is 0 Å². The van der Waals surface area contributed by atoms with Crippen molar-refractivity contribution in [3.8, 4) is 0 Å². The van der Waals surface area contributed by atoms with Crippen LogP contribution >= 0.6 is 0 Å². The Morgan fingerprint density at radius 3 is 2.65 bits per heavy atom. The molecule has 0 aliphatic rings. The number of ether oxygens (including phenoxy) is 1. The van der Waals surface area contributed by atoms with Crippen molar-refractivity contribution in [1.82, 2.24) is 0 Å². The molecule has 1 unspecified atom stereocenters. The lowest BCUT2D eigenvalue weighted by Gasteiger charge is -2.11. The van der Waals surface area contributed by atoms with Gasteiger partial charge in [0.25, 0.3) is 6.43 Å². The van der Waals surface area contributed by atoms with E-state index in [1.54, 1.807) is 6.07 Å². The fraction of sp³-hybridized carbons (Fsp3) is 0.417. The summed E-state index contributed by atoms with van der Waals surface area (Å²) in [7, 11) is 1.26. The molecule has 0 heterocycles. The van der Waals surface area contributed by atoms with Gasteiger partial charge in [-0.2, -0.15) is 0 Å². The number of hydrogen-bond acceptors (Lipinski definition) is 3. The van der Waals surface area contributed by atoms with E-state index >= 15 is 0 Å². The lowest BCUT2D eigenvalue weighted by molar-refractivity contribution is -0.141. The van der Waals surface area contributed by atoms with Crippen LogP contribution in [0.5, 0.6) is 0 Å². The minimum Gasteiger partial charge on any atom is -0.469 e. The van der Waals surface area contributed by atoms with Gasteiger partial charge >= 0.3 is 5.97 Å². The van der Waals surface area contributed by atoms with E-state index in [1.165, 1.54) is 25.3 Å². The molecule has 1 aromatic rings. The van der Waals surface area contributed by atoms with Gasteiger partial charge in [-0.05, 0) is 18.1 Å². The van der Waals surface area contributed by atoms with Gasteiger partial charge in [0.1, 0.15) is 0 Å². The number of carbonyl (C=O) groups is 1. The smallest absolute Gasteiger partial charge is 0.305 e. The van der Waals surface area contributed by atoms with Crippen molar-refractivity contribution in [2.75, 3.05) is 7.11 Å². The second-order valence-electron chi connectivity index (χ2n) is 3.60. The van der Waals surface area contributed by atoms with Crippen molar-refractivity contribution < 1.29 is 23.4 Å². The van der Waals surface area contributed by atoms with E-state index in [-0.39, 0.29) is 18.4 Å². The number of halogens is 2. The first-order chi connectivity index (χ1) is 8.04. The summed E-state index contributed by atoms with van der Waals surface area (Å²) in [4.78, 5) is 10.9. The predicted octanol–water partition coefficient (Wildman–Crippen LogP) is 2.61. The zero-order valence-electron chi connectivity index (χ0n) is 9.40. The highest BCUT2D eigenvalue weighted by Crippen LogP contribution is 2.24. The molecule has 0 aromatic heterocycles. The molecule has 3 nitrogen and oxygen atoms in total. The molecule has 1 N–H and O–H groups in total. The van der Waals surface area contributed by atoms with Crippen molar-refractivity contribution in [2.45, 2.75) is 25.4 Å². The van der Waals surface area contributed by atoms with Crippen LogP contribution in [0.1, 0.15) is 36.5 Å². The van der Waals surface area contributed by atoms with Crippen molar-refractivity contribution in [2.24, 2.45) is 0 Å². The molecule has 0 fully saturated rings. The highest BCUT2D eigenvalue weighted by molar-refractivity contribution is 5.69. The summed E-state index contributed by atoms with van der Waals surface area (Å²) in [5.41, 5.74) is 0.242. The largest absolute Gasteiger partial charge is 0.469 e. The van der Waals surface area contributed by atoms with E-state index < -0.39 is 18.5 Å². The minimum atomic E-state index is -2.57. The topological polar surface area (TPSA) is 46.5 Å². The van der Waals surface area contributed by atoms with Crippen LogP contribution in [0, 0.1) is 0 Å². The van der Waals surface area contributed by atoms with Crippen molar-refractivity contribution in [3.63, 3.8) is 0 Å². The molecule has 94 valence electrons. The number of hydrogen-bond donors (Lipinski definition) is 1. The summed E-state index contributed by atoms with van der Waals surface area (Å²) in [6.45, 7) is 0. The Hall–Kier alpha value is -1.49. The first kappa shape index (κ1) is 13.6. The molecular formula is C12H14F2O3. The van der Waals surface area contributed by atoms with Crippen molar-refractivity contribution >= 4 is 5.97 Å². The zero-order valence-corrected chi connectivity index (χ0v) is 9.40. The summed E-state index contributed by atoms with van der Waals surface area (Å²) >= 11 is 0. The molecule has 0 amide bonds. The van der Waals surface area contributed by atoms with E-state index in [4.69, 9.17) is 0 Å². The van der Waals surface area contributed by atoms with Gasteiger partial charge in [-0.1, -0.05) is 18.2 Å². The number of aliphatic hydroxyl groups excluding tert-OH is 1. The Morgan fingerprint density at radius 1 is 1.41 bits per heavy atom. The van der Waals surface area contributed by atoms with Crippen molar-refractivity contribution in [1.29, 1.82) is 0 Å². The van der Waals surface area contributed by atoms with Crippen LogP contribution in [0.15, 0.2) is 24.3 Å². The highest BCUT2D eigenvalue weighted by Gasteiger charge is 2.13. The van der Waals surface area contributed by atoms with Gasteiger partial charge in [-0.15, -0.1) is 0 Å². The predicted molar refractivity (Wildman–Crippen MR) is 57.6 cm³/mol. The Balaban J connectivity index is 2.65. The van der Waals surface area contributed by atoms with Gasteiger partial charge in [0.05, 0.1) is 13.2 Å². The van der Waals surface area contributed by atoms with Gasteiger partial charge in [0.2, 0.25) is 0 Å². The van der Waals surface area contributed by atoms with Gasteiger partial charge in [-0.3, -0.25) is 4.79 Å². The number of aliphatic hydroxyl groups is 1. The van der Waals surface area contributed by atoms with Crippen molar-refractivity contribution in [3.05, 3.63) is 35.4 Å². The maximum atomic E-state index is 12.4. The minimum absolute atomic E-state index is 0.0522. The van der Waals surface area contributed by atoms with Crippen LogP contribution < -0.4 is 0 Å². The molecular weight excluding hydrogens is 230 g/mol. The number of esters is 1. The third-order valence-electron chi connectivity index (χ3n) is 2.40. The molecule has 0 aliphatic heterocycles. The molecule has 5 heteroatoms. The van der Waals surface area contributed by atoms with Gasteiger partial charge in [0.15, 0.2) is 0 Å². The summed E-state index contributed by atoms with van der Waals surface area (Å²) in [5.74, 6) is -0.436. The summed E-state index contributed by atoms with van der Waals surface area (Å²) in [6, 6.07) is 5.54. The molecule has 1 atom stereocenters. The van der Waals surface area contributed by atoms with E-state index in [2.05, 4.69) is 4.74 Å². The van der Waals surface area contributed by atoms with Crippen LogP contribution in [0.4, 0.5) is 8.78 Å². The normalized spacial score (nSPS) is 12.5. The van der Waals surface area contributed by atoms with Crippen LogP contribution in [0.25, 0.3) is 0 Å². The van der Waals surface area contributed by atoms with E-state index in [0.717, 1.165) is 0 Å². The molecule has 0 aliphatic carbocycles. The van der Waals surface area contributed by atoms with Crippen LogP contribution in [0.3, 0.4) is 0 Å². The van der Waals surface area contributed by atoms with Crippen LogP contribution in [-0.2, 0) is 9.53 Å². The zero-order chi connectivity index (χ0) is 12.8. The number of rotatable bonds is 5. The SMILES string of the molecule is COC(=O)CCC(O)c1cccc(C(F)F)c1. The standard InChI is InChI=1S/C12H14F2O3/c1-17-11(16)6-5-10(15)8-3-2-4-9(7-8)12(13)14/h2-4,7,10,12,15H,5-6H2,1H3. The molecule has 0 saturated carbocycles. The second kappa shape index (κ2) is 6.30. The lowest BCUT2D eigenvalue weighted by Crippen LogP contribution is -2.05. The number of carbonyl (C=O) groups excluding carboxylic acids is 1. The first-order valence-corrected chi connectivity index (χ1v) is 5.17. The summed E-state index contributed by atoms with van der Waals surface area (Å²) in [6.07, 6.45) is -3.30.